The van der Waals surface area contributed by atoms with Crippen molar-refractivity contribution in [3.05, 3.63) is 29.3 Å². The summed E-state index contributed by atoms with van der Waals surface area (Å²) in [5.41, 5.74) is 2.26. The predicted octanol–water partition coefficient (Wildman–Crippen LogP) is 2.55. The van der Waals surface area contributed by atoms with Gasteiger partial charge in [0.2, 0.25) is 5.91 Å². The Morgan fingerprint density at radius 1 is 1.28 bits per heavy atom. The van der Waals surface area contributed by atoms with Crippen molar-refractivity contribution in [2.75, 3.05) is 19.7 Å². The molecule has 0 bridgehead atoms. The van der Waals surface area contributed by atoms with E-state index in [2.05, 4.69) is 6.07 Å². The second-order valence-electron chi connectivity index (χ2n) is 6.65. The fourth-order valence-electron chi connectivity index (χ4n) is 2.87. The first-order valence-electron chi connectivity index (χ1n) is 8.73. The molecule has 0 saturated carbocycles. The maximum atomic E-state index is 12.3. The number of aryl methyl sites for hydroxylation is 2. The molecule has 1 aromatic carbocycles. The van der Waals surface area contributed by atoms with Crippen molar-refractivity contribution in [3.63, 3.8) is 0 Å². The zero-order chi connectivity index (χ0) is 18.4. The van der Waals surface area contributed by atoms with E-state index in [9.17, 15) is 9.59 Å². The smallest absolute Gasteiger partial charge is 0.334 e. The SMILES string of the molecule is Cc1ccc(C)c(OCCCCC(=O)N2CC(C(=O)O)O[C@H](C)C2)c1. The zero-order valence-electron chi connectivity index (χ0n) is 15.2. The number of amides is 1. The highest BCUT2D eigenvalue weighted by molar-refractivity contribution is 5.78. The average molecular weight is 349 g/mol. The molecule has 1 aromatic rings. The molecule has 2 atom stereocenters. The van der Waals surface area contributed by atoms with Gasteiger partial charge in [-0.3, -0.25) is 4.79 Å². The fourth-order valence-corrected chi connectivity index (χ4v) is 2.87. The molecule has 1 fully saturated rings. The minimum Gasteiger partial charge on any atom is -0.493 e. The Morgan fingerprint density at radius 3 is 2.76 bits per heavy atom. The van der Waals surface area contributed by atoms with Crippen molar-refractivity contribution in [2.24, 2.45) is 0 Å². The zero-order valence-corrected chi connectivity index (χ0v) is 15.2. The van der Waals surface area contributed by atoms with Crippen molar-refractivity contribution in [1.82, 2.24) is 4.90 Å². The molecule has 1 N–H and O–H groups in total. The number of unbranched alkanes of at least 4 members (excludes halogenated alkanes) is 1. The summed E-state index contributed by atoms with van der Waals surface area (Å²) in [5.74, 6) is -0.156. The molecule has 0 aromatic heterocycles. The van der Waals surface area contributed by atoms with Crippen LogP contribution in [0.25, 0.3) is 0 Å². The fraction of sp³-hybridized carbons (Fsp3) is 0.579. The van der Waals surface area contributed by atoms with Crippen LogP contribution in [0, 0.1) is 13.8 Å². The minimum atomic E-state index is -1.02. The highest BCUT2D eigenvalue weighted by Crippen LogP contribution is 2.19. The molecule has 1 aliphatic heterocycles. The van der Waals surface area contributed by atoms with E-state index in [-0.39, 0.29) is 18.6 Å². The summed E-state index contributed by atoms with van der Waals surface area (Å²) in [4.78, 5) is 25.0. The monoisotopic (exact) mass is 349 g/mol. The lowest BCUT2D eigenvalue weighted by molar-refractivity contribution is -0.166. The number of hydrogen-bond acceptors (Lipinski definition) is 4. The maximum Gasteiger partial charge on any atom is 0.334 e. The first kappa shape index (κ1) is 19.2. The number of ether oxygens (including phenoxy) is 2. The van der Waals surface area contributed by atoms with E-state index < -0.39 is 12.1 Å². The summed E-state index contributed by atoms with van der Waals surface area (Å²) in [5, 5.41) is 9.07. The summed E-state index contributed by atoms with van der Waals surface area (Å²) in [6.07, 6.45) is 0.704. The third-order valence-corrected chi connectivity index (χ3v) is 4.27. The van der Waals surface area contributed by atoms with Gasteiger partial charge in [-0.1, -0.05) is 12.1 Å². The number of carboxylic acid groups (broad SMARTS) is 1. The first-order valence-corrected chi connectivity index (χ1v) is 8.73. The van der Waals surface area contributed by atoms with E-state index >= 15 is 0 Å². The lowest BCUT2D eigenvalue weighted by Crippen LogP contribution is -2.51. The van der Waals surface area contributed by atoms with E-state index in [0.29, 0.717) is 26.0 Å². The Kier molecular flexibility index (Phi) is 6.82. The molecule has 2 rings (SSSR count). The number of carboxylic acids is 1. The number of rotatable bonds is 7. The lowest BCUT2D eigenvalue weighted by Gasteiger charge is -2.35. The highest BCUT2D eigenvalue weighted by atomic mass is 16.5. The number of benzene rings is 1. The maximum absolute atomic E-state index is 12.3. The second-order valence-corrected chi connectivity index (χ2v) is 6.65. The van der Waals surface area contributed by atoms with E-state index in [0.717, 1.165) is 23.3 Å². The normalized spacial score (nSPS) is 20.4. The molecule has 0 radical (unpaired) electrons. The number of hydrogen-bond donors (Lipinski definition) is 1. The van der Waals surface area contributed by atoms with Gasteiger partial charge in [-0.25, -0.2) is 4.79 Å². The molecule has 1 amide bonds. The van der Waals surface area contributed by atoms with Crippen LogP contribution in [0.1, 0.15) is 37.3 Å². The van der Waals surface area contributed by atoms with Crippen LogP contribution >= 0.6 is 0 Å². The van der Waals surface area contributed by atoms with Gasteiger partial charge >= 0.3 is 5.97 Å². The van der Waals surface area contributed by atoms with Gasteiger partial charge < -0.3 is 19.5 Å². The van der Waals surface area contributed by atoms with Crippen LogP contribution in [0.2, 0.25) is 0 Å². The second kappa shape index (κ2) is 8.85. The van der Waals surface area contributed by atoms with Gasteiger partial charge in [0, 0.05) is 13.0 Å². The molecule has 1 saturated heterocycles. The molecular weight excluding hydrogens is 322 g/mol. The first-order chi connectivity index (χ1) is 11.9. The number of aliphatic carboxylic acids is 1. The third kappa shape index (κ3) is 5.74. The molecule has 0 aliphatic carbocycles. The molecule has 6 nitrogen and oxygen atoms in total. The van der Waals surface area contributed by atoms with Crippen molar-refractivity contribution < 1.29 is 24.2 Å². The van der Waals surface area contributed by atoms with Gasteiger partial charge in [0.25, 0.3) is 0 Å². The molecule has 1 unspecified atom stereocenters. The van der Waals surface area contributed by atoms with E-state index in [4.69, 9.17) is 14.6 Å². The number of nitrogens with zero attached hydrogens (tertiary/aromatic N) is 1. The van der Waals surface area contributed by atoms with Crippen LogP contribution in [-0.4, -0.2) is 53.8 Å². The topological polar surface area (TPSA) is 76.1 Å². The summed E-state index contributed by atoms with van der Waals surface area (Å²) in [6.45, 7) is 6.96. The minimum absolute atomic E-state index is 0.0202. The van der Waals surface area contributed by atoms with Gasteiger partial charge in [-0.15, -0.1) is 0 Å². The standard InChI is InChI=1S/C19H27NO5/c1-13-7-8-14(2)16(10-13)24-9-5-4-6-18(21)20-11-15(3)25-17(12-20)19(22)23/h7-8,10,15,17H,4-6,9,11-12H2,1-3H3,(H,22,23)/t15-,17?/m1/s1. The van der Waals surface area contributed by atoms with Gasteiger partial charge in [0.15, 0.2) is 6.10 Å². The Labute approximate surface area is 148 Å². The molecular formula is C19H27NO5. The molecule has 1 heterocycles. The Balaban J connectivity index is 1.71. The van der Waals surface area contributed by atoms with Crippen molar-refractivity contribution >= 4 is 11.9 Å². The largest absolute Gasteiger partial charge is 0.493 e. The van der Waals surface area contributed by atoms with Crippen LogP contribution in [0.15, 0.2) is 18.2 Å². The quantitative estimate of drug-likeness (QED) is 0.766. The third-order valence-electron chi connectivity index (χ3n) is 4.27. The van der Waals surface area contributed by atoms with E-state index in [1.807, 2.05) is 26.0 Å². The summed E-state index contributed by atoms with van der Waals surface area (Å²) in [6, 6.07) is 6.10. The van der Waals surface area contributed by atoms with Crippen LogP contribution in [0.4, 0.5) is 0 Å². The van der Waals surface area contributed by atoms with Gasteiger partial charge in [0.1, 0.15) is 5.75 Å². The van der Waals surface area contributed by atoms with E-state index in [1.54, 1.807) is 11.8 Å². The summed E-state index contributed by atoms with van der Waals surface area (Å²) in [7, 11) is 0. The van der Waals surface area contributed by atoms with Crippen LogP contribution in [0.3, 0.4) is 0 Å². The van der Waals surface area contributed by atoms with Crippen molar-refractivity contribution in [1.29, 1.82) is 0 Å². The number of carbonyl (C=O) groups excluding carboxylic acids is 1. The molecule has 138 valence electrons. The lowest BCUT2D eigenvalue weighted by atomic mass is 10.1. The Hall–Kier alpha value is -2.08. The van der Waals surface area contributed by atoms with Gasteiger partial charge in [-0.05, 0) is 50.8 Å². The van der Waals surface area contributed by atoms with E-state index in [1.165, 1.54) is 0 Å². The van der Waals surface area contributed by atoms with Crippen LogP contribution in [0.5, 0.6) is 5.75 Å². The van der Waals surface area contributed by atoms with Crippen molar-refractivity contribution in [3.8, 4) is 5.75 Å². The van der Waals surface area contributed by atoms with Crippen LogP contribution < -0.4 is 4.74 Å². The summed E-state index contributed by atoms with van der Waals surface area (Å²) < 4.78 is 11.1. The van der Waals surface area contributed by atoms with Gasteiger partial charge in [-0.2, -0.15) is 0 Å². The molecule has 25 heavy (non-hydrogen) atoms. The number of carbonyl (C=O) groups is 2. The predicted molar refractivity (Wildman–Crippen MR) is 93.8 cm³/mol. The Bertz CT molecular complexity index is 616. The Morgan fingerprint density at radius 2 is 2.04 bits per heavy atom. The highest BCUT2D eigenvalue weighted by Gasteiger charge is 2.32. The molecule has 6 heteroatoms. The van der Waals surface area contributed by atoms with Gasteiger partial charge in [0.05, 0.1) is 19.3 Å². The average Bonchev–Trinajstić information content (AvgIpc) is 2.56. The molecule has 0 spiro atoms. The summed E-state index contributed by atoms with van der Waals surface area (Å²) >= 11 is 0. The van der Waals surface area contributed by atoms with Crippen LogP contribution in [-0.2, 0) is 14.3 Å². The number of morpholine rings is 1. The van der Waals surface area contributed by atoms with Crippen molar-refractivity contribution in [2.45, 2.75) is 52.2 Å². The molecule has 1 aliphatic rings.